The van der Waals surface area contributed by atoms with Crippen LogP contribution in [0.3, 0.4) is 0 Å². The number of carboxylic acid groups (broad SMARTS) is 1. The van der Waals surface area contributed by atoms with Gasteiger partial charge in [0.15, 0.2) is 0 Å². The Kier molecular flexibility index (Phi) is 11.1. The largest absolute Gasteiger partial charge is 0.508 e. The van der Waals surface area contributed by atoms with E-state index in [4.69, 9.17) is 11.5 Å². The Morgan fingerprint density at radius 1 is 0.786 bits per heavy atom. The molecule has 0 fully saturated rings. The van der Waals surface area contributed by atoms with Gasteiger partial charge in [0.2, 0.25) is 23.6 Å². The first-order valence-electron chi connectivity index (χ1n) is 13.0. The van der Waals surface area contributed by atoms with E-state index in [9.17, 15) is 34.2 Å². The number of phenolic OH excluding ortho intramolecular Hbond substituents is 1. The zero-order valence-electron chi connectivity index (χ0n) is 22.5. The number of primary amides is 1. The summed E-state index contributed by atoms with van der Waals surface area (Å²) >= 11 is 0. The molecule has 1 heterocycles. The molecule has 10 N–H and O–H groups in total. The third-order valence-electron chi connectivity index (χ3n) is 6.28. The van der Waals surface area contributed by atoms with Gasteiger partial charge in [0, 0.05) is 31.2 Å². The fourth-order valence-electron chi connectivity index (χ4n) is 4.09. The molecule has 42 heavy (non-hydrogen) atoms. The second-order valence-corrected chi connectivity index (χ2v) is 9.64. The van der Waals surface area contributed by atoms with E-state index in [0.717, 1.165) is 0 Å². The van der Waals surface area contributed by atoms with Gasteiger partial charge in [0.25, 0.3) is 0 Å². The SMILES string of the molecule is NC(=O)CC(NC(=O)C(N)Cc1cnc[nH]1)C(=O)NC(Cc1ccccc1)C(=O)NC(Cc1ccc(O)cc1)C(=O)O. The van der Waals surface area contributed by atoms with E-state index >= 15 is 0 Å². The molecule has 14 heteroatoms. The van der Waals surface area contributed by atoms with Crippen molar-refractivity contribution in [1.82, 2.24) is 25.9 Å². The Morgan fingerprint density at radius 3 is 1.95 bits per heavy atom. The van der Waals surface area contributed by atoms with Gasteiger partial charge in [0.1, 0.15) is 23.9 Å². The van der Waals surface area contributed by atoms with Gasteiger partial charge in [-0.15, -0.1) is 0 Å². The van der Waals surface area contributed by atoms with Gasteiger partial charge in [-0.1, -0.05) is 42.5 Å². The quantitative estimate of drug-likeness (QED) is 0.109. The number of aromatic hydroxyl groups is 1. The number of H-pyrrole nitrogens is 1. The van der Waals surface area contributed by atoms with E-state index in [1.165, 1.54) is 36.8 Å². The molecule has 1 aromatic heterocycles. The number of rotatable bonds is 15. The predicted octanol–water partition coefficient (Wildman–Crippen LogP) is -1.12. The summed E-state index contributed by atoms with van der Waals surface area (Å²) < 4.78 is 0. The average Bonchev–Trinajstić information content (AvgIpc) is 3.46. The van der Waals surface area contributed by atoms with Crippen LogP contribution in [0.1, 0.15) is 23.2 Å². The molecule has 0 aliphatic heterocycles. The molecule has 222 valence electrons. The molecule has 4 amide bonds. The fourth-order valence-corrected chi connectivity index (χ4v) is 4.09. The maximum atomic E-state index is 13.4. The molecule has 2 aromatic carbocycles. The first-order valence-corrected chi connectivity index (χ1v) is 13.0. The second-order valence-electron chi connectivity index (χ2n) is 9.64. The number of aromatic amines is 1. The molecular weight excluding hydrogens is 546 g/mol. The number of phenols is 1. The number of amides is 4. The number of carbonyl (C=O) groups excluding carboxylic acids is 4. The zero-order chi connectivity index (χ0) is 30.6. The van der Waals surface area contributed by atoms with Crippen LogP contribution < -0.4 is 27.4 Å². The number of imidazole rings is 1. The highest BCUT2D eigenvalue weighted by molar-refractivity contribution is 5.96. The van der Waals surface area contributed by atoms with Crippen LogP contribution in [0, 0.1) is 0 Å². The van der Waals surface area contributed by atoms with E-state index in [0.29, 0.717) is 16.8 Å². The van der Waals surface area contributed by atoms with E-state index in [1.807, 2.05) is 0 Å². The lowest BCUT2D eigenvalue weighted by atomic mass is 10.0. The molecule has 0 radical (unpaired) electrons. The third kappa shape index (κ3) is 9.75. The Balaban J connectivity index is 1.77. The number of aromatic nitrogens is 2. The molecule has 14 nitrogen and oxygen atoms in total. The number of nitrogens with one attached hydrogen (secondary N) is 4. The molecule has 0 aliphatic rings. The standard InChI is InChI=1S/C28H33N7O7/c29-20(12-18-14-31-15-32-18)25(38)33-22(13-24(30)37)27(40)34-21(10-16-4-2-1-3-5-16)26(39)35-23(28(41)42)11-17-6-8-19(36)9-7-17/h1-9,14-15,20-23,36H,10-13,29H2,(H2,30,37)(H,31,32)(H,33,38)(H,34,40)(H,35,39)(H,41,42). The number of nitrogens with zero attached hydrogens (tertiary/aromatic N) is 1. The molecular formula is C28H33N7O7. The number of benzene rings is 2. The monoisotopic (exact) mass is 579 g/mol. The molecule has 4 atom stereocenters. The van der Waals surface area contributed by atoms with Crippen molar-refractivity contribution in [2.75, 3.05) is 0 Å². The van der Waals surface area contributed by atoms with Crippen LogP contribution in [0.4, 0.5) is 0 Å². The topological polar surface area (TPSA) is 243 Å². The highest BCUT2D eigenvalue weighted by atomic mass is 16.4. The third-order valence-corrected chi connectivity index (χ3v) is 6.28. The molecule has 3 rings (SSSR count). The molecule has 0 bridgehead atoms. The summed E-state index contributed by atoms with van der Waals surface area (Å²) in [6.07, 6.45) is 2.28. The van der Waals surface area contributed by atoms with Gasteiger partial charge in [-0.05, 0) is 23.3 Å². The number of nitrogens with two attached hydrogens (primary N) is 2. The number of carbonyl (C=O) groups is 5. The molecule has 0 aliphatic carbocycles. The van der Waals surface area contributed by atoms with Gasteiger partial charge < -0.3 is 42.6 Å². The Hall–Kier alpha value is -5.24. The van der Waals surface area contributed by atoms with Crippen molar-refractivity contribution >= 4 is 29.6 Å². The van der Waals surface area contributed by atoms with E-state index < -0.39 is 60.2 Å². The molecule has 0 spiro atoms. The molecule has 4 unspecified atom stereocenters. The van der Waals surface area contributed by atoms with E-state index in [-0.39, 0.29) is 25.0 Å². The minimum absolute atomic E-state index is 0.000155. The highest BCUT2D eigenvalue weighted by Crippen LogP contribution is 2.12. The lowest BCUT2D eigenvalue weighted by Gasteiger charge is -2.25. The minimum atomic E-state index is -1.46. The van der Waals surface area contributed by atoms with Crippen molar-refractivity contribution in [1.29, 1.82) is 0 Å². The Bertz CT molecular complexity index is 1370. The molecule has 3 aromatic rings. The summed E-state index contributed by atoms with van der Waals surface area (Å²) in [6, 6.07) is 9.29. The van der Waals surface area contributed by atoms with Gasteiger partial charge in [-0.3, -0.25) is 19.2 Å². The smallest absolute Gasteiger partial charge is 0.326 e. The Labute approximate surface area is 240 Å². The number of aliphatic carboxylic acids is 1. The highest BCUT2D eigenvalue weighted by Gasteiger charge is 2.31. The predicted molar refractivity (Wildman–Crippen MR) is 149 cm³/mol. The lowest BCUT2D eigenvalue weighted by molar-refractivity contribution is -0.142. The van der Waals surface area contributed by atoms with Gasteiger partial charge in [0.05, 0.1) is 18.8 Å². The summed E-state index contributed by atoms with van der Waals surface area (Å²) in [6.45, 7) is 0. The molecule has 0 saturated carbocycles. The summed E-state index contributed by atoms with van der Waals surface area (Å²) in [5.41, 5.74) is 13.0. The number of carboxylic acids is 1. The van der Waals surface area contributed by atoms with Crippen molar-refractivity contribution < 1.29 is 34.2 Å². The summed E-state index contributed by atoms with van der Waals surface area (Å²) in [4.78, 5) is 69.7. The summed E-state index contributed by atoms with van der Waals surface area (Å²) in [5, 5.41) is 26.6. The van der Waals surface area contributed by atoms with Gasteiger partial charge in [-0.2, -0.15) is 0 Å². The van der Waals surface area contributed by atoms with Crippen LogP contribution in [-0.4, -0.2) is 73.9 Å². The fraction of sp³-hybridized carbons (Fsp3) is 0.286. The lowest BCUT2D eigenvalue weighted by Crippen LogP contribution is -2.58. The maximum Gasteiger partial charge on any atom is 0.326 e. The molecule has 0 saturated heterocycles. The van der Waals surface area contributed by atoms with Gasteiger partial charge >= 0.3 is 5.97 Å². The van der Waals surface area contributed by atoms with Crippen LogP contribution >= 0.6 is 0 Å². The van der Waals surface area contributed by atoms with E-state index in [2.05, 4.69) is 25.9 Å². The average molecular weight is 580 g/mol. The summed E-state index contributed by atoms with van der Waals surface area (Å²) in [5.74, 6) is -4.64. The summed E-state index contributed by atoms with van der Waals surface area (Å²) in [7, 11) is 0. The van der Waals surface area contributed by atoms with Crippen molar-refractivity contribution in [3.05, 3.63) is 83.9 Å². The second kappa shape index (κ2) is 14.9. The Morgan fingerprint density at radius 2 is 1.36 bits per heavy atom. The van der Waals surface area contributed by atoms with Crippen LogP contribution in [-0.2, 0) is 43.2 Å². The minimum Gasteiger partial charge on any atom is -0.508 e. The van der Waals surface area contributed by atoms with Crippen LogP contribution in [0.15, 0.2) is 67.1 Å². The van der Waals surface area contributed by atoms with Gasteiger partial charge in [-0.25, -0.2) is 9.78 Å². The van der Waals surface area contributed by atoms with Crippen LogP contribution in [0.25, 0.3) is 0 Å². The van der Waals surface area contributed by atoms with Crippen molar-refractivity contribution in [3.8, 4) is 5.75 Å². The van der Waals surface area contributed by atoms with Crippen LogP contribution in [0.5, 0.6) is 5.75 Å². The first kappa shape index (κ1) is 31.3. The first-order chi connectivity index (χ1) is 20.0. The van der Waals surface area contributed by atoms with Crippen molar-refractivity contribution in [2.45, 2.75) is 49.9 Å². The normalized spacial score (nSPS) is 13.6. The van der Waals surface area contributed by atoms with Crippen LogP contribution in [0.2, 0.25) is 0 Å². The van der Waals surface area contributed by atoms with Crippen molar-refractivity contribution in [2.24, 2.45) is 11.5 Å². The number of hydrogen-bond donors (Lipinski definition) is 8. The zero-order valence-corrected chi connectivity index (χ0v) is 22.5. The van der Waals surface area contributed by atoms with E-state index in [1.54, 1.807) is 30.3 Å². The van der Waals surface area contributed by atoms with Crippen molar-refractivity contribution in [3.63, 3.8) is 0 Å². The maximum absolute atomic E-state index is 13.4. The number of hydrogen-bond acceptors (Lipinski definition) is 8.